The van der Waals surface area contributed by atoms with E-state index < -0.39 is 0 Å². The second kappa shape index (κ2) is 7.26. The number of carbonyl (C=O) groups excluding carboxylic acids is 1. The van der Waals surface area contributed by atoms with Crippen LogP contribution in [0, 0.1) is 0 Å². The van der Waals surface area contributed by atoms with Crippen molar-refractivity contribution in [2.24, 2.45) is 0 Å². The Kier molecular flexibility index (Phi) is 4.81. The van der Waals surface area contributed by atoms with E-state index in [0.717, 1.165) is 35.5 Å². The number of fused-ring (bicyclic) bond motifs is 1. The van der Waals surface area contributed by atoms with Gasteiger partial charge in [-0.3, -0.25) is 0 Å². The van der Waals surface area contributed by atoms with E-state index in [2.05, 4.69) is 23.1 Å². The third-order valence-corrected chi connectivity index (χ3v) is 5.34. The molecular formula is C22H17Cl2NO2. The van der Waals surface area contributed by atoms with E-state index in [1.165, 1.54) is 12.7 Å². The average Bonchev–Trinajstić information content (AvgIpc) is 3.10. The molecular weight excluding hydrogens is 381 g/mol. The quantitative estimate of drug-likeness (QED) is 0.497. The average molecular weight is 398 g/mol. The zero-order chi connectivity index (χ0) is 19.0. The van der Waals surface area contributed by atoms with Crippen molar-refractivity contribution in [3.63, 3.8) is 0 Å². The summed E-state index contributed by atoms with van der Waals surface area (Å²) in [5.74, 6) is -0.340. The maximum absolute atomic E-state index is 11.8. The lowest BCUT2D eigenvalue weighted by Crippen LogP contribution is -2.13. The Hall–Kier alpha value is -2.49. The molecule has 27 heavy (non-hydrogen) atoms. The predicted molar refractivity (Wildman–Crippen MR) is 110 cm³/mol. The summed E-state index contributed by atoms with van der Waals surface area (Å²) in [5, 5.41) is 1.25. The number of hydrogen-bond donors (Lipinski definition) is 0. The molecule has 0 aromatic heterocycles. The molecule has 0 unspecified atom stereocenters. The zero-order valence-corrected chi connectivity index (χ0v) is 16.2. The van der Waals surface area contributed by atoms with Gasteiger partial charge in [-0.2, -0.15) is 0 Å². The summed E-state index contributed by atoms with van der Waals surface area (Å²) in [4.78, 5) is 14.0. The molecule has 5 heteroatoms. The Bertz CT molecular complexity index is 1030. The number of carbonyl (C=O) groups is 1. The summed E-state index contributed by atoms with van der Waals surface area (Å²) in [6.07, 6.45) is 0.955. The Morgan fingerprint density at radius 1 is 0.963 bits per heavy atom. The minimum atomic E-state index is -0.340. The summed E-state index contributed by atoms with van der Waals surface area (Å²) in [5.41, 5.74) is 5.88. The van der Waals surface area contributed by atoms with Crippen molar-refractivity contribution in [2.45, 2.75) is 6.42 Å². The largest absolute Gasteiger partial charge is 0.465 e. The first-order chi connectivity index (χ1) is 13.1. The summed E-state index contributed by atoms with van der Waals surface area (Å²) < 4.78 is 4.83. The molecule has 1 aliphatic rings. The van der Waals surface area contributed by atoms with E-state index >= 15 is 0 Å². The smallest absolute Gasteiger partial charge is 0.337 e. The van der Waals surface area contributed by atoms with Gasteiger partial charge < -0.3 is 9.64 Å². The SMILES string of the molecule is COC(=O)c1cccc(-c2ccc3c(c2)N(c2ccc(Cl)cc2Cl)CC3)c1. The number of hydrogen-bond acceptors (Lipinski definition) is 3. The second-order valence-corrected chi connectivity index (χ2v) is 7.26. The predicted octanol–water partition coefficient (Wildman–Crippen LogP) is 6.14. The van der Waals surface area contributed by atoms with Gasteiger partial charge in [0.15, 0.2) is 0 Å². The lowest BCUT2D eigenvalue weighted by atomic mass is 10.0. The molecule has 3 nitrogen and oxygen atoms in total. The Morgan fingerprint density at radius 2 is 1.78 bits per heavy atom. The van der Waals surface area contributed by atoms with Crippen molar-refractivity contribution >= 4 is 40.5 Å². The van der Waals surface area contributed by atoms with Gasteiger partial charge in [0.25, 0.3) is 0 Å². The van der Waals surface area contributed by atoms with Crippen LogP contribution in [0.5, 0.6) is 0 Å². The van der Waals surface area contributed by atoms with Gasteiger partial charge in [-0.05, 0) is 59.5 Å². The molecule has 136 valence electrons. The summed E-state index contributed by atoms with van der Waals surface area (Å²) in [6.45, 7) is 0.863. The fourth-order valence-corrected chi connectivity index (χ4v) is 3.96. The Balaban J connectivity index is 1.75. The van der Waals surface area contributed by atoms with Crippen LogP contribution in [0.3, 0.4) is 0 Å². The highest BCUT2D eigenvalue weighted by atomic mass is 35.5. The van der Waals surface area contributed by atoms with Gasteiger partial charge in [0.1, 0.15) is 0 Å². The van der Waals surface area contributed by atoms with Crippen LogP contribution in [0.2, 0.25) is 10.0 Å². The first-order valence-electron chi connectivity index (χ1n) is 8.61. The number of ether oxygens (including phenoxy) is 1. The minimum Gasteiger partial charge on any atom is -0.465 e. The number of anilines is 2. The van der Waals surface area contributed by atoms with Crippen LogP contribution in [0.4, 0.5) is 11.4 Å². The van der Waals surface area contributed by atoms with Gasteiger partial charge >= 0.3 is 5.97 Å². The fourth-order valence-electron chi connectivity index (χ4n) is 3.45. The molecule has 3 aromatic rings. The molecule has 0 radical (unpaired) electrons. The lowest BCUT2D eigenvalue weighted by Gasteiger charge is -2.21. The van der Waals surface area contributed by atoms with E-state index in [0.29, 0.717) is 15.6 Å². The van der Waals surface area contributed by atoms with Gasteiger partial charge in [-0.15, -0.1) is 0 Å². The molecule has 0 saturated carbocycles. The number of rotatable bonds is 3. The van der Waals surface area contributed by atoms with Gasteiger partial charge in [-0.1, -0.05) is 47.5 Å². The molecule has 0 amide bonds. The molecule has 1 heterocycles. The molecule has 1 aliphatic heterocycles. The highest BCUT2D eigenvalue weighted by molar-refractivity contribution is 6.36. The van der Waals surface area contributed by atoms with Gasteiger partial charge in [0, 0.05) is 17.3 Å². The number of nitrogens with zero attached hydrogens (tertiary/aromatic N) is 1. The number of methoxy groups -OCH3 is 1. The summed E-state index contributed by atoms with van der Waals surface area (Å²) >= 11 is 12.5. The topological polar surface area (TPSA) is 29.5 Å². The molecule has 0 N–H and O–H groups in total. The van der Waals surface area contributed by atoms with Crippen molar-refractivity contribution in [1.82, 2.24) is 0 Å². The van der Waals surface area contributed by atoms with E-state index in [1.807, 2.05) is 30.3 Å². The van der Waals surface area contributed by atoms with Gasteiger partial charge in [0.05, 0.1) is 23.4 Å². The molecule has 0 atom stereocenters. The molecule has 0 saturated heterocycles. The van der Waals surface area contributed by atoms with Crippen LogP contribution in [0.1, 0.15) is 15.9 Å². The first kappa shape index (κ1) is 17.9. The first-order valence-corrected chi connectivity index (χ1v) is 9.36. The molecule has 3 aromatic carbocycles. The summed E-state index contributed by atoms with van der Waals surface area (Å²) in [7, 11) is 1.39. The van der Waals surface area contributed by atoms with Crippen molar-refractivity contribution in [3.05, 3.63) is 81.8 Å². The maximum atomic E-state index is 11.8. The molecule has 0 spiro atoms. The number of esters is 1. The Labute approximate surface area is 168 Å². The second-order valence-electron chi connectivity index (χ2n) is 6.41. The zero-order valence-electron chi connectivity index (χ0n) is 14.7. The normalized spacial score (nSPS) is 12.8. The minimum absolute atomic E-state index is 0.340. The molecule has 0 bridgehead atoms. The lowest BCUT2D eigenvalue weighted by molar-refractivity contribution is 0.0601. The van der Waals surface area contributed by atoms with Crippen molar-refractivity contribution in [1.29, 1.82) is 0 Å². The third-order valence-electron chi connectivity index (χ3n) is 4.80. The van der Waals surface area contributed by atoms with Gasteiger partial charge in [0.2, 0.25) is 0 Å². The number of benzene rings is 3. The summed E-state index contributed by atoms with van der Waals surface area (Å²) in [6, 6.07) is 19.4. The van der Waals surface area contributed by atoms with E-state index in [4.69, 9.17) is 27.9 Å². The van der Waals surface area contributed by atoms with Crippen LogP contribution < -0.4 is 4.90 Å². The Morgan fingerprint density at radius 3 is 2.56 bits per heavy atom. The van der Waals surface area contributed by atoms with Crippen LogP contribution in [-0.4, -0.2) is 19.6 Å². The fraction of sp³-hybridized carbons (Fsp3) is 0.136. The molecule has 4 rings (SSSR count). The van der Waals surface area contributed by atoms with Crippen molar-refractivity contribution in [2.75, 3.05) is 18.6 Å². The monoisotopic (exact) mass is 397 g/mol. The third kappa shape index (κ3) is 3.41. The maximum Gasteiger partial charge on any atom is 0.337 e. The highest BCUT2D eigenvalue weighted by Crippen LogP contribution is 2.41. The van der Waals surface area contributed by atoms with Gasteiger partial charge in [-0.25, -0.2) is 4.79 Å². The van der Waals surface area contributed by atoms with Crippen LogP contribution in [0.25, 0.3) is 11.1 Å². The van der Waals surface area contributed by atoms with E-state index in [9.17, 15) is 4.79 Å². The van der Waals surface area contributed by atoms with Crippen molar-refractivity contribution < 1.29 is 9.53 Å². The highest BCUT2D eigenvalue weighted by Gasteiger charge is 2.23. The van der Waals surface area contributed by atoms with E-state index in [1.54, 1.807) is 12.1 Å². The van der Waals surface area contributed by atoms with Crippen LogP contribution in [-0.2, 0) is 11.2 Å². The number of halogens is 2. The van der Waals surface area contributed by atoms with Crippen LogP contribution in [0.15, 0.2) is 60.7 Å². The van der Waals surface area contributed by atoms with Crippen LogP contribution >= 0.6 is 23.2 Å². The van der Waals surface area contributed by atoms with E-state index in [-0.39, 0.29) is 5.97 Å². The molecule has 0 aliphatic carbocycles. The molecule has 0 fully saturated rings. The van der Waals surface area contributed by atoms with Crippen molar-refractivity contribution in [3.8, 4) is 11.1 Å². The standard InChI is InChI=1S/C22H17Cl2NO2/c1-27-22(26)17-4-2-3-15(11-17)16-6-5-14-9-10-25(21(14)12-16)20-8-7-18(23)13-19(20)24/h2-8,11-13H,9-10H2,1H3.